The van der Waals surface area contributed by atoms with Crippen LogP contribution < -0.4 is 0 Å². The van der Waals surface area contributed by atoms with Crippen molar-refractivity contribution in [3.05, 3.63) is 64.6 Å². The number of ether oxygens (including phenoxy) is 1. The number of nitrogens with zero attached hydrogens (tertiary/aromatic N) is 3. The molecule has 1 atom stereocenters. The van der Waals surface area contributed by atoms with Crippen LogP contribution in [0.2, 0.25) is 0 Å². The zero-order chi connectivity index (χ0) is 19.7. The van der Waals surface area contributed by atoms with Gasteiger partial charge in [0.1, 0.15) is 11.5 Å². The van der Waals surface area contributed by atoms with Crippen molar-refractivity contribution in [2.75, 3.05) is 7.11 Å². The smallest absolute Gasteiger partial charge is 0.146 e. The van der Waals surface area contributed by atoms with Crippen LogP contribution in [0.3, 0.4) is 0 Å². The number of hydrogen-bond acceptors (Lipinski definition) is 2. The van der Waals surface area contributed by atoms with Gasteiger partial charge in [0.15, 0.2) is 0 Å². The highest BCUT2D eigenvalue weighted by atomic mass is 16.5. The van der Waals surface area contributed by atoms with Crippen molar-refractivity contribution in [3.8, 4) is 0 Å². The summed E-state index contributed by atoms with van der Waals surface area (Å²) in [6.45, 7) is 2.36. The van der Waals surface area contributed by atoms with Gasteiger partial charge in [0.2, 0.25) is 0 Å². The van der Waals surface area contributed by atoms with Crippen LogP contribution >= 0.6 is 0 Å². The molecule has 2 aliphatic rings. The second-order valence-electron chi connectivity index (χ2n) is 8.13. The highest BCUT2D eigenvalue weighted by Crippen LogP contribution is 2.33. The molecule has 0 aromatic carbocycles. The fraction of sp³-hybridized carbons (Fsp3) is 0.458. The lowest BCUT2D eigenvalue weighted by Crippen LogP contribution is -2.01. The number of aryl methyl sites for hydroxylation is 2. The zero-order valence-corrected chi connectivity index (χ0v) is 17.5. The molecule has 0 fully saturated rings. The third-order valence-corrected chi connectivity index (χ3v) is 6.22. The van der Waals surface area contributed by atoms with E-state index in [4.69, 9.17) is 9.73 Å². The van der Waals surface area contributed by atoms with E-state index in [2.05, 4.69) is 41.3 Å². The molecule has 1 aliphatic carbocycles. The summed E-state index contributed by atoms with van der Waals surface area (Å²) in [7, 11) is 5.97. The van der Waals surface area contributed by atoms with Gasteiger partial charge >= 0.3 is 0 Å². The molecule has 0 spiro atoms. The molecule has 4 heteroatoms. The monoisotopic (exact) mass is 377 g/mol. The Morgan fingerprint density at radius 3 is 2.75 bits per heavy atom. The van der Waals surface area contributed by atoms with E-state index >= 15 is 0 Å². The lowest BCUT2D eigenvalue weighted by Gasteiger charge is -2.13. The fourth-order valence-electron chi connectivity index (χ4n) is 4.45. The molecule has 2 aromatic heterocycles. The molecule has 3 heterocycles. The Labute approximate surface area is 168 Å². The number of aliphatic imine (C=N–C) groups is 1. The van der Waals surface area contributed by atoms with Crippen LogP contribution in [0.4, 0.5) is 0 Å². The number of rotatable bonds is 3. The Balaban J connectivity index is 1.77. The van der Waals surface area contributed by atoms with E-state index < -0.39 is 0 Å². The average molecular weight is 378 g/mol. The molecule has 1 unspecified atom stereocenters. The molecular weight excluding hydrogens is 346 g/mol. The summed E-state index contributed by atoms with van der Waals surface area (Å²) in [4.78, 5) is 4.92. The van der Waals surface area contributed by atoms with Crippen LogP contribution in [-0.2, 0) is 25.3 Å². The van der Waals surface area contributed by atoms with Crippen LogP contribution in [-0.4, -0.2) is 22.0 Å². The van der Waals surface area contributed by atoms with Crippen molar-refractivity contribution in [2.24, 2.45) is 19.1 Å². The Hall–Kier alpha value is -2.49. The van der Waals surface area contributed by atoms with E-state index in [0.29, 0.717) is 5.92 Å². The minimum atomic E-state index is 0.567. The van der Waals surface area contributed by atoms with Gasteiger partial charge in [0, 0.05) is 37.8 Å². The van der Waals surface area contributed by atoms with Gasteiger partial charge in [-0.15, -0.1) is 0 Å². The maximum absolute atomic E-state index is 5.68. The fourth-order valence-corrected chi connectivity index (χ4v) is 4.45. The van der Waals surface area contributed by atoms with Gasteiger partial charge in [-0.3, -0.25) is 0 Å². The lowest BCUT2D eigenvalue weighted by atomic mass is 9.93. The van der Waals surface area contributed by atoms with Crippen LogP contribution in [0, 0.1) is 0 Å². The third kappa shape index (κ3) is 3.48. The number of allylic oxidation sites excluding steroid dienone is 1. The van der Waals surface area contributed by atoms with E-state index in [9.17, 15) is 0 Å². The first-order valence-electron chi connectivity index (χ1n) is 10.4. The molecule has 1 aliphatic heterocycles. The van der Waals surface area contributed by atoms with E-state index in [1.807, 2.05) is 25.4 Å². The average Bonchev–Trinajstić information content (AvgIpc) is 3.37. The highest BCUT2D eigenvalue weighted by molar-refractivity contribution is 6.11. The van der Waals surface area contributed by atoms with Gasteiger partial charge in [-0.05, 0) is 55.0 Å². The number of aromatic nitrogens is 2. The van der Waals surface area contributed by atoms with Crippen molar-refractivity contribution in [1.29, 1.82) is 0 Å². The minimum Gasteiger partial charge on any atom is -0.494 e. The summed E-state index contributed by atoms with van der Waals surface area (Å²) in [5.41, 5.74) is 7.13. The Bertz CT molecular complexity index is 955. The standard InChI is InChI=1S/C24H31N3O/c1-17-10-7-5-6-8-11-18-14-19(17)23(27(18)3)15-21-24(28-4)16-20(25-21)22-12-9-13-26(22)2/h9,12-17H,5-8,10-11H2,1-4H3/b21-15+. The Morgan fingerprint density at radius 2 is 2.00 bits per heavy atom. The largest absolute Gasteiger partial charge is 0.494 e. The SMILES string of the molecule is COC1=CC(c2cccn2C)=N/C1=C/c1c2cc(n1C)CCCCCCC2C. The predicted molar refractivity (Wildman–Crippen MR) is 116 cm³/mol. The first-order valence-corrected chi connectivity index (χ1v) is 10.4. The van der Waals surface area contributed by atoms with E-state index in [0.717, 1.165) is 29.3 Å². The Morgan fingerprint density at radius 1 is 1.18 bits per heavy atom. The quantitative estimate of drug-likeness (QED) is 0.709. The summed E-state index contributed by atoms with van der Waals surface area (Å²) in [5.74, 6) is 1.40. The first kappa shape index (κ1) is 18.9. The second kappa shape index (κ2) is 7.86. The molecule has 4 nitrogen and oxygen atoms in total. The summed E-state index contributed by atoms with van der Waals surface area (Å²) in [6.07, 6.45) is 14.0. The van der Waals surface area contributed by atoms with Crippen LogP contribution in [0.5, 0.6) is 0 Å². The molecular formula is C24H31N3O. The third-order valence-electron chi connectivity index (χ3n) is 6.22. The highest BCUT2D eigenvalue weighted by Gasteiger charge is 2.22. The molecule has 28 heavy (non-hydrogen) atoms. The molecule has 4 rings (SSSR count). The van der Waals surface area contributed by atoms with Crippen molar-refractivity contribution in [2.45, 2.75) is 51.4 Å². The number of hydrogen-bond donors (Lipinski definition) is 0. The molecule has 0 N–H and O–H groups in total. The van der Waals surface area contributed by atoms with Gasteiger partial charge in [0.05, 0.1) is 18.5 Å². The molecule has 148 valence electrons. The number of methoxy groups -OCH3 is 1. The molecule has 0 radical (unpaired) electrons. The van der Waals surface area contributed by atoms with Gasteiger partial charge in [0.25, 0.3) is 0 Å². The van der Waals surface area contributed by atoms with Gasteiger partial charge in [-0.1, -0.05) is 26.2 Å². The summed E-state index contributed by atoms with van der Waals surface area (Å²) >= 11 is 0. The lowest BCUT2D eigenvalue weighted by molar-refractivity contribution is 0.303. The van der Waals surface area contributed by atoms with Crippen molar-refractivity contribution < 1.29 is 4.74 Å². The maximum Gasteiger partial charge on any atom is 0.146 e. The molecule has 0 saturated heterocycles. The van der Waals surface area contributed by atoms with Crippen LogP contribution in [0.15, 0.2) is 46.9 Å². The van der Waals surface area contributed by atoms with Crippen molar-refractivity contribution in [1.82, 2.24) is 9.13 Å². The van der Waals surface area contributed by atoms with Gasteiger partial charge in [-0.25, -0.2) is 4.99 Å². The minimum absolute atomic E-state index is 0.567. The first-order chi connectivity index (χ1) is 13.6. The predicted octanol–water partition coefficient (Wildman–Crippen LogP) is 5.35. The molecule has 2 bridgehead atoms. The summed E-state index contributed by atoms with van der Waals surface area (Å²) < 4.78 is 10.1. The second-order valence-corrected chi connectivity index (χ2v) is 8.13. The van der Waals surface area contributed by atoms with E-state index in [1.54, 1.807) is 7.11 Å². The van der Waals surface area contributed by atoms with E-state index in [1.165, 1.54) is 49.1 Å². The van der Waals surface area contributed by atoms with Crippen molar-refractivity contribution in [3.63, 3.8) is 0 Å². The zero-order valence-electron chi connectivity index (χ0n) is 17.5. The van der Waals surface area contributed by atoms with Crippen molar-refractivity contribution >= 4 is 11.8 Å². The van der Waals surface area contributed by atoms with Crippen LogP contribution in [0.25, 0.3) is 6.08 Å². The van der Waals surface area contributed by atoms with E-state index in [-0.39, 0.29) is 0 Å². The summed E-state index contributed by atoms with van der Waals surface area (Å²) in [5, 5.41) is 0. The van der Waals surface area contributed by atoms with Gasteiger partial charge < -0.3 is 13.9 Å². The molecule has 0 saturated carbocycles. The topological polar surface area (TPSA) is 31.4 Å². The molecule has 0 amide bonds. The molecule has 2 aromatic rings. The van der Waals surface area contributed by atoms with Gasteiger partial charge in [-0.2, -0.15) is 0 Å². The summed E-state index contributed by atoms with van der Waals surface area (Å²) in [6, 6.07) is 6.56. The number of fused-ring (bicyclic) bond motifs is 2. The Kier molecular flexibility index (Phi) is 5.29. The normalized spacial score (nSPS) is 21.6. The maximum atomic E-state index is 5.68. The van der Waals surface area contributed by atoms with Crippen LogP contribution in [0.1, 0.15) is 67.6 Å².